The molecule has 0 spiro atoms. The normalized spacial score (nSPS) is 16.0. The molecular formula is C15H24IN3OS. The van der Waals surface area contributed by atoms with Crippen molar-refractivity contribution in [3.63, 3.8) is 0 Å². The van der Waals surface area contributed by atoms with Gasteiger partial charge in [-0.1, -0.05) is 18.2 Å². The van der Waals surface area contributed by atoms with Gasteiger partial charge in [0.15, 0.2) is 5.96 Å². The number of hydrogen-bond donors (Lipinski definition) is 2. The quantitative estimate of drug-likeness (QED) is 0.404. The minimum atomic E-state index is -0.949. The summed E-state index contributed by atoms with van der Waals surface area (Å²) < 4.78 is 12.1. The van der Waals surface area contributed by atoms with Crippen LogP contribution in [0, 0.1) is 5.92 Å². The summed E-state index contributed by atoms with van der Waals surface area (Å²) in [7, 11) is -0.949. The van der Waals surface area contributed by atoms with E-state index in [4.69, 9.17) is 0 Å². The fourth-order valence-electron chi connectivity index (χ4n) is 1.81. The highest BCUT2D eigenvalue weighted by Crippen LogP contribution is 2.28. The van der Waals surface area contributed by atoms with E-state index in [1.165, 1.54) is 12.8 Å². The standard InChI is InChI=1S/C15H23N3OS.HI/c1-2-16-15(18-12-13-8-9-13)17-10-11-20(19)14-6-4-3-5-7-14;/h3-7,13H,2,8-12H2,1H3,(H2,16,17,18);1H. The van der Waals surface area contributed by atoms with Crippen molar-refractivity contribution in [2.24, 2.45) is 10.9 Å². The third kappa shape index (κ3) is 7.26. The molecule has 0 amide bonds. The molecule has 0 aromatic heterocycles. The van der Waals surface area contributed by atoms with Crippen molar-refractivity contribution in [3.8, 4) is 0 Å². The highest BCUT2D eigenvalue weighted by Gasteiger charge is 2.20. The van der Waals surface area contributed by atoms with Crippen LogP contribution in [0.5, 0.6) is 0 Å². The third-order valence-electron chi connectivity index (χ3n) is 3.13. The third-order valence-corrected chi connectivity index (χ3v) is 4.51. The van der Waals surface area contributed by atoms with Gasteiger partial charge in [-0.05, 0) is 37.8 Å². The van der Waals surface area contributed by atoms with Crippen LogP contribution in [0.2, 0.25) is 0 Å². The van der Waals surface area contributed by atoms with E-state index in [2.05, 4.69) is 22.5 Å². The molecule has 1 fully saturated rings. The van der Waals surface area contributed by atoms with E-state index in [1.54, 1.807) is 0 Å². The molecule has 118 valence electrons. The van der Waals surface area contributed by atoms with Gasteiger partial charge in [-0.3, -0.25) is 9.20 Å². The van der Waals surface area contributed by atoms with Crippen molar-refractivity contribution in [2.45, 2.75) is 24.7 Å². The summed E-state index contributed by atoms with van der Waals surface area (Å²) in [6.07, 6.45) is 2.61. The Morgan fingerprint density at radius 2 is 2.00 bits per heavy atom. The van der Waals surface area contributed by atoms with Crippen molar-refractivity contribution in [1.82, 2.24) is 10.6 Å². The maximum absolute atomic E-state index is 12.1. The van der Waals surface area contributed by atoms with Crippen LogP contribution < -0.4 is 10.6 Å². The number of halogens is 1. The first-order valence-electron chi connectivity index (χ1n) is 7.25. The maximum Gasteiger partial charge on any atom is 0.191 e. The van der Waals surface area contributed by atoms with Crippen LogP contribution in [0.25, 0.3) is 0 Å². The molecule has 2 rings (SSSR count). The Bertz CT molecular complexity index is 463. The fourth-order valence-corrected chi connectivity index (χ4v) is 2.80. The zero-order valence-electron chi connectivity index (χ0n) is 12.4. The van der Waals surface area contributed by atoms with Crippen molar-refractivity contribution < 1.29 is 4.21 Å². The second-order valence-corrected chi connectivity index (χ2v) is 6.52. The van der Waals surface area contributed by atoms with Crippen LogP contribution in [0.1, 0.15) is 19.8 Å². The van der Waals surface area contributed by atoms with Gasteiger partial charge in [-0.2, -0.15) is 0 Å². The van der Waals surface area contributed by atoms with Gasteiger partial charge >= 0.3 is 0 Å². The highest BCUT2D eigenvalue weighted by atomic mass is 127. The molecule has 1 atom stereocenters. The zero-order chi connectivity index (χ0) is 14.2. The predicted molar refractivity (Wildman–Crippen MR) is 99.8 cm³/mol. The molecule has 2 N–H and O–H groups in total. The van der Waals surface area contributed by atoms with Crippen molar-refractivity contribution in [2.75, 3.05) is 25.4 Å². The van der Waals surface area contributed by atoms with Gasteiger partial charge < -0.3 is 10.6 Å². The Labute approximate surface area is 146 Å². The Morgan fingerprint density at radius 1 is 1.29 bits per heavy atom. The number of guanidine groups is 1. The van der Waals surface area contributed by atoms with Crippen LogP contribution in [0.4, 0.5) is 0 Å². The second kappa shape index (κ2) is 10.2. The first kappa shape index (κ1) is 18.4. The average Bonchev–Trinajstić information content (AvgIpc) is 3.30. The number of nitrogens with zero attached hydrogens (tertiary/aromatic N) is 1. The summed E-state index contributed by atoms with van der Waals surface area (Å²) in [5.74, 6) is 2.21. The molecule has 1 aromatic rings. The van der Waals surface area contributed by atoms with Gasteiger partial charge in [0.1, 0.15) is 0 Å². The van der Waals surface area contributed by atoms with Gasteiger partial charge in [-0.25, -0.2) is 0 Å². The first-order valence-corrected chi connectivity index (χ1v) is 8.57. The van der Waals surface area contributed by atoms with E-state index in [0.29, 0.717) is 12.3 Å². The number of nitrogens with one attached hydrogen (secondary N) is 2. The van der Waals surface area contributed by atoms with Gasteiger partial charge in [-0.15, -0.1) is 24.0 Å². The molecule has 0 radical (unpaired) electrons. The van der Waals surface area contributed by atoms with Crippen LogP contribution in [-0.2, 0) is 10.8 Å². The lowest BCUT2D eigenvalue weighted by molar-refractivity contribution is 0.681. The number of hydrogen-bond acceptors (Lipinski definition) is 2. The first-order chi connectivity index (χ1) is 9.79. The summed E-state index contributed by atoms with van der Waals surface area (Å²) in [4.78, 5) is 5.42. The molecule has 1 saturated carbocycles. The van der Waals surface area contributed by atoms with E-state index >= 15 is 0 Å². The van der Waals surface area contributed by atoms with Crippen LogP contribution in [0.3, 0.4) is 0 Å². The van der Waals surface area contributed by atoms with E-state index in [1.807, 2.05) is 30.3 Å². The number of benzene rings is 1. The minimum absolute atomic E-state index is 0. The molecule has 21 heavy (non-hydrogen) atoms. The second-order valence-electron chi connectivity index (χ2n) is 4.95. The van der Waals surface area contributed by atoms with Crippen molar-refractivity contribution in [3.05, 3.63) is 30.3 Å². The summed E-state index contributed by atoms with van der Waals surface area (Å²) in [5.41, 5.74) is 0. The monoisotopic (exact) mass is 421 g/mol. The summed E-state index contributed by atoms with van der Waals surface area (Å²) in [6.45, 7) is 4.46. The van der Waals surface area contributed by atoms with E-state index < -0.39 is 10.8 Å². The van der Waals surface area contributed by atoms with Gasteiger partial charge in [0.2, 0.25) is 0 Å². The smallest absolute Gasteiger partial charge is 0.191 e. The van der Waals surface area contributed by atoms with E-state index in [9.17, 15) is 4.21 Å². The SMILES string of the molecule is CCNC(=NCC1CC1)NCCS(=O)c1ccccc1.I. The van der Waals surface area contributed by atoms with E-state index in [-0.39, 0.29) is 24.0 Å². The Hall–Kier alpha value is -0.630. The molecule has 0 aliphatic heterocycles. The minimum Gasteiger partial charge on any atom is -0.357 e. The van der Waals surface area contributed by atoms with E-state index in [0.717, 1.165) is 29.9 Å². The Morgan fingerprint density at radius 3 is 2.62 bits per heavy atom. The van der Waals surface area contributed by atoms with Crippen LogP contribution >= 0.6 is 24.0 Å². The Kier molecular flexibility index (Phi) is 8.91. The van der Waals surface area contributed by atoms with Crippen LogP contribution in [-0.4, -0.2) is 35.6 Å². The number of rotatable bonds is 7. The molecule has 1 aliphatic carbocycles. The van der Waals surface area contributed by atoms with Gasteiger partial charge in [0.25, 0.3) is 0 Å². The molecule has 1 aliphatic rings. The molecule has 0 saturated heterocycles. The van der Waals surface area contributed by atoms with Crippen LogP contribution in [0.15, 0.2) is 40.2 Å². The molecular weight excluding hydrogens is 397 g/mol. The van der Waals surface area contributed by atoms with Gasteiger partial charge in [0.05, 0.1) is 10.8 Å². The predicted octanol–water partition coefficient (Wildman–Crippen LogP) is 2.38. The summed E-state index contributed by atoms with van der Waals surface area (Å²) in [5, 5.41) is 6.47. The van der Waals surface area contributed by atoms with Crippen molar-refractivity contribution >= 4 is 40.7 Å². The lowest BCUT2D eigenvalue weighted by Gasteiger charge is -2.11. The van der Waals surface area contributed by atoms with Crippen molar-refractivity contribution in [1.29, 1.82) is 0 Å². The molecule has 1 aromatic carbocycles. The highest BCUT2D eigenvalue weighted by molar-refractivity contribution is 14.0. The molecule has 4 nitrogen and oxygen atoms in total. The largest absolute Gasteiger partial charge is 0.357 e. The molecule has 0 bridgehead atoms. The summed E-state index contributed by atoms with van der Waals surface area (Å²) in [6, 6.07) is 9.58. The maximum atomic E-state index is 12.1. The zero-order valence-corrected chi connectivity index (χ0v) is 15.5. The Balaban J connectivity index is 0.00000220. The molecule has 0 heterocycles. The summed E-state index contributed by atoms with van der Waals surface area (Å²) >= 11 is 0. The topological polar surface area (TPSA) is 53.5 Å². The average molecular weight is 421 g/mol. The van der Waals surface area contributed by atoms with Gasteiger partial charge in [0, 0.05) is 30.3 Å². The fraction of sp³-hybridized carbons (Fsp3) is 0.533. The molecule has 1 unspecified atom stereocenters. The number of aliphatic imine (C=N–C) groups is 1. The lowest BCUT2D eigenvalue weighted by atomic mass is 10.4. The molecule has 6 heteroatoms. The lowest BCUT2D eigenvalue weighted by Crippen LogP contribution is -2.39.